The number of urea groups is 1. The molecule has 17 heavy (non-hydrogen) atoms. The highest BCUT2D eigenvalue weighted by Gasteiger charge is 2.22. The van der Waals surface area contributed by atoms with Crippen LogP contribution in [0.3, 0.4) is 0 Å². The first-order valence-corrected chi connectivity index (χ1v) is 6.78. The van der Waals surface area contributed by atoms with Crippen molar-refractivity contribution in [3.63, 3.8) is 0 Å². The van der Waals surface area contributed by atoms with Crippen LogP contribution in [0.5, 0.6) is 0 Å². The minimum absolute atomic E-state index is 0.0626. The van der Waals surface area contributed by atoms with Gasteiger partial charge in [-0.2, -0.15) is 0 Å². The summed E-state index contributed by atoms with van der Waals surface area (Å²) in [6.45, 7) is 8.79. The summed E-state index contributed by atoms with van der Waals surface area (Å²) in [5.41, 5.74) is 5.69. The van der Waals surface area contributed by atoms with E-state index in [4.69, 9.17) is 5.73 Å². The molecule has 0 bridgehead atoms. The van der Waals surface area contributed by atoms with Gasteiger partial charge in [0.1, 0.15) is 0 Å². The maximum absolute atomic E-state index is 12.1. The van der Waals surface area contributed by atoms with Crippen LogP contribution < -0.4 is 11.1 Å². The van der Waals surface area contributed by atoms with Crippen LogP contribution in [0.1, 0.15) is 40.0 Å². The molecule has 1 aliphatic heterocycles. The Labute approximate surface area is 105 Å². The Morgan fingerprint density at radius 3 is 2.76 bits per heavy atom. The van der Waals surface area contributed by atoms with Crippen LogP contribution in [0.15, 0.2) is 0 Å². The molecule has 0 spiro atoms. The van der Waals surface area contributed by atoms with E-state index in [0.29, 0.717) is 18.4 Å². The molecule has 1 heterocycles. The van der Waals surface area contributed by atoms with Crippen molar-refractivity contribution >= 4 is 6.03 Å². The summed E-state index contributed by atoms with van der Waals surface area (Å²) in [6.07, 6.45) is 3.30. The SMILES string of the molecule is CC(C)CC(CN)NC(=O)N1CCCC(C)C1. The van der Waals surface area contributed by atoms with Crippen LogP contribution in [0.2, 0.25) is 0 Å². The quantitative estimate of drug-likeness (QED) is 0.788. The fraction of sp³-hybridized carbons (Fsp3) is 0.923. The highest BCUT2D eigenvalue weighted by Crippen LogP contribution is 2.15. The molecule has 1 saturated heterocycles. The third kappa shape index (κ3) is 4.94. The van der Waals surface area contributed by atoms with Gasteiger partial charge >= 0.3 is 6.03 Å². The summed E-state index contributed by atoms with van der Waals surface area (Å²) in [7, 11) is 0. The molecule has 4 nitrogen and oxygen atoms in total. The van der Waals surface area contributed by atoms with Crippen molar-refractivity contribution in [1.82, 2.24) is 10.2 Å². The second kappa shape index (κ2) is 6.84. The number of carbonyl (C=O) groups is 1. The lowest BCUT2D eigenvalue weighted by Gasteiger charge is -2.32. The largest absolute Gasteiger partial charge is 0.334 e. The predicted molar refractivity (Wildman–Crippen MR) is 70.8 cm³/mol. The van der Waals surface area contributed by atoms with E-state index in [9.17, 15) is 4.79 Å². The van der Waals surface area contributed by atoms with Gasteiger partial charge in [0.15, 0.2) is 0 Å². The van der Waals surface area contributed by atoms with Crippen molar-refractivity contribution in [3.8, 4) is 0 Å². The van der Waals surface area contributed by atoms with Crippen molar-refractivity contribution in [2.75, 3.05) is 19.6 Å². The first kappa shape index (κ1) is 14.3. The van der Waals surface area contributed by atoms with E-state index >= 15 is 0 Å². The predicted octanol–water partition coefficient (Wildman–Crippen LogP) is 1.80. The van der Waals surface area contributed by atoms with Gasteiger partial charge in [-0.1, -0.05) is 20.8 Å². The maximum Gasteiger partial charge on any atom is 0.317 e. The van der Waals surface area contributed by atoms with Gasteiger partial charge in [0.2, 0.25) is 0 Å². The van der Waals surface area contributed by atoms with Crippen molar-refractivity contribution in [2.24, 2.45) is 17.6 Å². The van der Waals surface area contributed by atoms with E-state index in [1.165, 1.54) is 6.42 Å². The van der Waals surface area contributed by atoms with Gasteiger partial charge in [0.25, 0.3) is 0 Å². The molecular weight excluding hydrogens is 214 g/mol. The average molecular weight is 241 g/mol. The van der Waals surface area contributed by atoms with E-state index in [0.717, 1.165) is 25.9 Å². The number of hydrogen-bond donors (Lipinski definition) is 2. The van der Waals surface area contributed by atoms with E-state index in [1.807, 2.05) is 4.90 Å². The van der Waals surface area contributed by atoms with E-state index in [1.54, 1.807) is 0 Å². The number of nitrogens with one attached hydrogen (secondary N) is 1. The second-order valence-corrected chi connectivity index (χ2v) is 5.71. The fourth-order valence-corrected chi connectivity index (χ4v) is 2.42. The molecule has 0 aromatic heterocycles. The zero-order chi connectivity index (χ0) is 12.8. The zero-order valence-corrected chi connectivity index (χ0v) is 11.4. The van der Waals surface area contributed by atoms with Gasteiger partial charge < -0.3 is 16.0 Å². The lowest BCUT2D eigenvalue weighted by Crippen LogP contribution is -2.50. The first-order valence-electron chi connectivity index (χ1n) is 6.78. The molecule has 2 atom stereocenters. The number of nitrogens with zero attached hydrogens (tertiary/aromatic N) is 1. The summed E-state index contributed by atoms with van der Waals surface area (Å²) in [6, 6.07) is 0.174. The summed E-state index contributed by atoms with van der Waals surface area (Å²) >= 11 is 0. The number of carbonyl (C=O) groups excluding carboxylic acids is 1. The lowest BCUT2D eigenvalue weighted by atomic mass is 10.0. The van der Waals surface area contributed by atoms with Gasteiger partial charge in [0, 0.05) is 25.7 Å². The lowest BCUT2D eigenvalue weighted by molar-refractivity contribution is 0.165. The fourth-order valence-electron chi connectivity index (χ4n) is 2.42. The molecule has 2 unspecified atom stereocenters. The highest BCUT2D eigenvalue weighted by atomic mass is 16.2. The van der Waals surface area contributed by atoms with Crippen LogP contribution in [0, 0.1) is 11.8 Å². The van der Waals surface area contributed by atoms with Crippen LogP contribution >= 0.6 is 0 Å². The summed E-state index contributed by atoms with van der Waals surface area (Å²) in [5.74, 6) is 1.18. The summed E-state index contributed by atoms with van der Waals surface area (Å²) in [4.78, 5) is 14.0. The van der Waals surface area contributed by atoms with Crippen LogP contribution in [0.4, 0.5) is 4.79 Å². The van der Waals surface area contributed by atoms with Gasteiger partial charge in [-0.25, -0.2) is 4.79 Å². The number of hydrogen-bond acceptors (Lipinski definition) is 2. The number of piperidine rings is 1. The molecule has 1 fully saturated rings. The Morgan fingerprint density at radius 2 is 2.24 bits per heavy atom. The van der Waals surface area contributed by atoms with Crippen molar-refractivity contribution in [1.29, 1.82) is 0 Å². The molecule has 0 aliphatic carbocycles. The Kier molecular flexibility index (Phi) is 5.75. The molecule has 2 amide bonds. The molecule has 0 aromatic carbocycles. The highest BCUT2D eigenvalue weighted by molar-refractivity contribution is 5.74. The maximum atomic E-state index is 12.1. The Hall–Kier alpha value is -0.770. The minimum Gasteiger partial charge on any atom is -0.334 e. The third-order valence-electron chi connectivity index (χ3n) is 3.31. The minimum atomic E-state index is 0.0626. The van der Waals surface area contributed by atoms with E-state index in [2.05, 4.69) is 26.1 Å². The van der Waals surface area contributed by atoms with Crippen LogP contribution in [0.25, 0.3) is 0 Å². The molecule has 100 valence electrons. The standard InChI is InChI=1S/C13H27N3O/c1-10(2)7-12(8-14)15-13(17)16-6-4-5-11(3)9-16/h10-12H,4-9,14H2,1-3H3,(H,15,17). The Morgan fingerprint density at radius 1 is 1.53 bits per heavy atom. The van der Waals surface area contributed by atoms with Gasteiger partial charge in [0.05, 0.1) is 0 Å². The van der Waals surface area contributed by atoms with Crippen molar-refractivity contribution in [2.45, 2.75) is 46.1 Å². The number of nitrogens with two attached hydrogens (primary N) is 1. The topological polar surface area (TPSA) is 58.4 Å². The Balaban J connectivity index is 2.40. The van der Waals surface area contributed by atoms with E-state index in [-0.39, 0.29) is 12.1 Å². The first-order chi connectivity index (χ1) is 8.02. The summed E-state index contributed by atoms with van der Waals surface area (Å²) < 4.78 is 0. The van der Waals surface area contributed by atoms with Gasteiger partial charge in [-0.15, -0.1) is 0 Å². The number of likely N-dealkylation sites (tertiary alicyclic amines) is 1. The summed E-state index contributed by atoms with van der Waals surface area (Å²) in [5, 5.41) is 3.05. The van der Waals surface area contributed by atoms with Crippen LogP contribution in [-0.2, 0) is 0 Å². The number of amides is 2. The normalized spacial score (nSPS) is 22.6. The molecule has 3 N–H and O–H groups in total. The molecule has 1 aliphatic rings. The van der Waals surface area contributed by atoms with Crippen molar-refractivity contribution in [3.05, 3.63) is 0 Å². The van der Waals surface area contributed by atoms with Crippen molar-refractivity contribution < 1.29 is 4.79 Å². The molecular formula is C13H27N3O. The van der Waals surface area contributed by atoms with Gasteiger partial charge in [-0.3, -0.25) is 0 Å². The molecule has 0 saturated carbocycles. The van der Waals surface area contributed by atoms with E-state index < -0.39 is 0 Å². The van der Waals surface area contributed by atoms with Gasteiger partial charge in [-0.05, 0) is 31.1 Å². The third-order valence-corrected chi connectivity index (χ3v) is 3.31. The smallest absolute Gasteiger partial charge is 0.317 e. The molecule has 0 radical (unpaired) electrons. The Bertz CT molecular complexity index is 243. The molecule has 0 aromatic rings. The second-order valence-electron chi connectivity index (χ2n) is 5.71. The average Bonchev–Trinajstić information content (AvgIpc) is 2.27. The molecule has 4 heteroatoms. The zero-order valence-electron chi connectivity index (χ0n) is 11.4. The number of rotatable bonds is 4. The van der Waals surface area contributed by atoms with Crippen LogP contribution in [-0.4, -0.2) is 36.6 Å². The molecule has 1 rings (SSSR count). The monoisotopic (exact) mass is 241 g/mol.